The summed E-state index contributed by atoms with van der Waals surface area (Å²) in [5, 5.41) is 11.6. The van der Waals surface area contributed by atoms with Gasteiger partial charge in [-0.15, -0.1) is 0 Å². The summed E-state index contributed by atoms with van der Waals surface area (Å²) < 4.78 is 28.7. The highest BCUT2D eigenvalue weighted by atomic mass is 16.6. The number of aliphatic hydroxyl groups excluding tert-OH is 1. The van der Waals surface area contributed by atoms with Gasteiger partial charge in [-0.05, 0) is 55.2 Å². The predicted octanol–water partition coefficient (Wildman–Crippen LogP) is 4.04. The van der Waals surface area contributed by atoms with Crippen LogP contribution in [-0.2, 0) is 14.3 Å². The van der Waals surface area contributed by atoms with Gasteiger partial charge >= 0.3 is 0 Å². The molecule has 42 heavy (non-hydrogen) atoms. The molecule has 1 amide bonds. The van der Waals surface area contributed by atoms with Gasteiger partial charge in [-0.1, -0.05) is 19.9 Å². The van der Waals surface area contributed by atoms with Crippen LogP contribution in [0.4, 0.5) is 0 Å². The molecule has 0 radical (unpaired) electrons. The summed E-state index contributed by atoms with van der Waals surface area (Å²) in [6.07, 6.45) is 0.893. The van der Waals surface area contributed by atoms with E-state index in [-0.39, 0.29) is 11.3 Å². The van der Waals surface area contributed by atoms with Crippen molar-refractivity contribution < 1.29 is 38.4 Å². The molecule has 0 bridgehead atoms. The minimum absolute atomic E-state index is 0.0228. The normalized spacial score (nSPS) is 20.3. The molecule has 2 saturated heterocycles. The zero-order valence-corrected chi connectivity index (χ0v) is 24.6. The van der Waals surface area contributed by atoms with E-state index < -0.39 is 17.7 Å². The Morgan fingerprint density at radius 1 is 0.952 bits per heavy atom. The Balaban J connectivity index is 1.54. The van der Waals surface area contributed by atoms with Crippen molar-refractivity contribution in [1.82, 2.24) is 9.80 Å². The number of benzene rings is 2. The maximum atomic E-state index is 13.6. The highest BCUT2D eigenvalue weighted by Gasteiger charge is 2.46. The lowest BCUT2D eigenvalue weighted by molar-refractivity contribution is -0.140. The number of morpholine rings is 1. The molecule has 2 aromatic carbocycles. The molecular weight excluding hydrogens is 540 g/mol. The summed E-state index contributed by atoms with van der Waals surface area (Å²) >= 11 is 0. The molecular formula is C32H40N2O8. The van der Waals surface area contributed by atoms with E-state index in [4.69, 9.17) is 23.7 Å². The number of ketones is 1. The number of aliphatic hydroxyl groups is 1. The molecule has 3 aliphatic heterocycles. The fourth-order valence-electron chi connectivity index (χ4n) is 5.36. The van der Waals surface area contributed by atoms with Crippen LogP contribution in [0, 0.1) is 5.92 Å². The molecule has 3 heterocycles. The topological polar surface area (TPSA) is 107 Å². The molecule has 10 heteroatoms. The Morgan fingerprint density at radius 3 is 2.45 bits per heavy atom. The number of rotatable bonds is 11. The van der Waals surface area contributed by atoms with Crippen molar-refractivity contribution in [1.29, 1.82) is 0 Å². The lowest BCUT2D eigenvalue weighted by Gasteiger charge is -2.31. The number of hydrogen-bond donors (Lipinski definition) is 1. The van der Waals surface area contributed by atoms with Crippen molar-refractivity contribution in [3.8, 4) is 23.0 Å². The lowest BCUT2D eigenvalue weighted by atomic mass is 9.94. The summed E-state index contributed by atoms with van der Waals surface area (Å²) in [5.41, 5.74) is 1.04. The van der Waals surface area contributed by atoms with Crippen LogP contribution in [0.15, 0.2) is 42.0 Å². The van der Waals surface area contributed by atoms with Crippen molar-refractivity contribution in [2.75, 3.05) is 65.8 Å². The van der Waals surface area contributed by atoms with Gasteiger partial charge in [-0.3, -0.25) is 14.5 Å². The molecule has 2 fully saturated rings. The second-order valence-electron chi connectivity index (χ2n) is 11.0. The molecule has 3 aliphatic rings. The number of amides is 1. The molecule has 0 unspecified atom stereocenters. The predicted molar refractivity (Wildman–Crippen MR) is 156 cm³/mol. The average molecular weight is 581 g/mol. The first kappa shape index (κ1) is 29.7. The fourth-order valence-corrected chi connectivity index (χ4v) is 5.36. The monoisotopic (exact) mass is 580 g/mol. The van der Waals surface area contributed by atoms with E-state index in [9.17, 15) is 14.7 Å². The van der Waals surface area contributed by atoms with E-state index in [0.29, 0.717) is 92.8 Å². The van der Waals surface area contributed by atoms with Gasteiger partial charge in [0.25, 0.3) is 11.7 Å². The average Bonchev–Trinajstić information content (AvgIpc) is 3.25. The first-order valence-corrected chi connectivity index (χ1v) is 14.8. The molecule has 0 aromatic heterocycles. The number of fused-ring (bicyclic) bond motifs is 1. The van der Waals surface area contributed by atoms with E-state index in [0.717, 1.165) is 19.5 Å². The molecule has 1 N–H and O–H groups in total. The van der Waals surface area contributed by atoms with Crippen LogP contribution in [0.25, 0.3) is 5.76 Å². The number of carbonyl (C=O) groups is 2. The molecule has 1 atom stereocenters. The number of carbonyl (C=O) groups excluding carboxylic acids is 2. The van der Waals surface area contributed by atoms with Gasteiger partial charge in [0.15, 0.2) is 23.0 Å². The zero-order chi connectivity index (χ0) is 29.6. The molecule has 2 aromatic rings. The van der Waals surface area contributed by atoms with Crippen molar-refractivity contribution >= 4 is 17.4 Å². The molecule has 0 saturated carbocycles. The number of ether oxygens (including phenoxy) is 5. The third kappa shape index (κ3) is 6.50. The minimum atomic E-state index is -0.817. The summed E-state index contributed by atoms with van der Waals surface area (Å²) in [6, 6.07) is 9.64. The summed E-state index contributed by atoms with van der Waals surface area (Å²) in [4.78, 5) is 30.8. The second-order valence-corrected chi connectivity index (χ2v) is 11.0. The Hall–Kier alpha value is -3.76. The lowest BCUT2D eigenvalue weighted by Crippen LogP contribution is -2.42. The minimum Gasteiger partial charge on any atom is -0.507 e. The van der Waals surface area contributed by atoms with Crippen molar-refractivity contribution in [2.24, 2.45) is 5.92 Å². The van der Waals surface area contributed by atoms with Crippen molar-refractivity contribution in [3.63, 3.8) is 0 Å². The van der Waals surface area contributed by atoms with Crippen LogP contribution in [0.1, 0.15) is 44.4 Å². The van der Waals surface area contributed by atoms with E-state index in [1.165, 1.54) is 0 Å². The van der Waals surface area contributed by atoms with Crippen molar-refractivity contribution in [3.05, 3.63) is 53.1 Å². The Bertz CT molecular complexity index is 1320. The Labute approximate surface area is 246 Å². The fraction of sp³-hybridized carbons (Fsp3) is 0.500. The summed E-state index contributed by atoms with van der Waals surface area (Å²) in [6.45, 7) is 11.6. The van der Waals surface area contributed by atoms with Crippen LogP contribution in [0.3, 0.4) is 0 Å². The third-order valence-corrected chi connectivity index (χ3v) is 7.65. The van der Waals surface area contributed by atoms with Crippen LogP contribution in [-0.4, -0.2) is 92.4 Å². The molecule has 226 valence electrons. The zero-order valence-electron chi connectivity index (χ0n) is 24.6. The van der Waals surface area contributed by atoms with Crippen LogP contribution < -0.4 is 18.9 Å². The van der Waals surface area contributed by atoms with Gasteiger partial charge in [0.05, 0.1) is 38.0 Å². The summed E-state index contributed by atoms with van der Waals surface area (Å²) in [5.74, 6) is 1.01. The standard InChI is InChI=1S/C32H40N2O8/c1-4-39-26-19-22(5-7-24(26)40-14-9-21(2)3)29-28(30(35)23-6-8-25-27(20-23)42-18-17-41-25)31(36)32(37)34(29)11-10-33-12-15-38-16-13-33/h5-8,19-21,29,35H,4,9-18H2,1-3H3/b30-28+/t29-/m1/s1. The van der Waals surface area contributed by atoms with Gasteiger partial charge in [0.1, 0.15) is 19.0 Å². The Morgan fingerprint density at radius 2 is 1.71 bits per heavy atom. The van der Waals surface area contributed by atoms with Crippen LogP contribution >= 0.6 is 0 Å². The number of nitrogens with zero attached hydrogens (tertiary/aromatic N) is 2. The van der Waals surface area contributed by atoms with Gasteiger partial charge in [-0.2, -0.15) is 0 Å². The van der Waals surface area contributed by atoms with E-state index in [1.807, 2.05) is 25.1 Å². The highest BCUT2D eigenvalue weighted by Crippen LogP contribution is 2.43. The summed E-state index contributed by atoms with van der Waals surface area (Å²) in [7, 11) is 0. The van der Waals surface area contributed by atoms with Gasteiger partial charge < -0.3 is 33.7 Å². The van der Waals surface area contributed by atoms with Crippen molar-refractivity contribution in [2.45, 2.75) is 33.2 Å². The highest BCUT2D eigenvalue weighted by molar-refractivity contribution is 6.46. The number of hydrogen-bond acceptors (Lipinski definition) is 9. The molecule has 5 rings (SSSR count). The third-order valence-electron chi connectivity index (χ3n) is 7.65. The van der Waals surface area contributed by atoms with E-state index >= 15 is 0 Å². The quantitative estimate of drug-likeness (QED) is 0.239. The molecule has 0 aliphatic carbocycles. The van der Waals surface area contributed by atoms with Gasteiger partial charge in [0, 0.05) is 31.7 Å². The van der Waals surface area contributed by atoms with Gasteiger partial charge in [0.2, 0.25) is 0 Å². The second kappa shape index (κ2) is 13.5. The first-order chi connectivity index (χ1) is 20.4. The van der Waals surface area contributed by atoms with Crippen LogP contribution in [0.5, 0.6) is 23.0 Å². The number of likely N-dealkylation sites (tertiary alicyclic amines) is 1. The molecule has 0 spiro atoms. The largest absolute Gasteiger partial charge is 0.507 e. The van der Waals surface area contributed by atoms with Crippen LogP contribution in [0.2, 0.25) is 0 Å². The van der Waals surface area contributed by atoms with Gasteiger partial charge in [-0.25, -0.2) is 0 Å². The SMILES string of the molecule is CCOc1cc([C@@H]2/C(=C(\O)c3ccc4c(c3)OCCO4)C(=O)C(=O)N2CCN2CCOCC2)ccc1OCCC(C)C. The maximum Gasteiger partial charge on any atom is 0.295 e. The number of Topliss-reactive ketones (excluding diaryl/α,β-unsaturated/α-hetero) is 1. The van der Waals surface area contributed by atoms with E-state index in [1.54, 1.807) is 23.1 Å². The Kier molecular flexibility index (Phi) is 9.54. The first-order valence-electron chi connectivity index (χ1n) is 14.8. The molecule has 10 nitrogen and oxygen atoms in total. The maximum absolute atomic E-state index is 13.6. The smallest absolute Gasteiger partial charge is 0.295 e. The van der Waals surface area contributed by atoms with E-state index in [2.05, 4.69) is 18.7 Å².